The number of hydrogen-bond acceptors (Lipinski definition) is 5. The van der Waals surface area contributed by atoms with Crippen molar-refractivity contribution >= 4 is 11.6 Å². The molecule has 5 heteroatoms. The number of rotatable bonds is 2. The number of aromatic nitrogens is 3. The predicted molar refractivity (Wildman–Crippen MR) is 87.1 cm³/mol. The molecule has 0 amide bonds. The molecule has 2 unspecified atom stereocenters. The minimum Gasteiger partial charge on any atom is -0.354 e. The third-order valence-corrected chi connectivity index (χ3v) is 4.89. The number of hydrogen-bond donors (Lipinski definition) is 0. The van der Waals surface area contributed by atoms with E-state index in [0.29, 0.717) is 6.04 Å². The van der Waals surface area contributed by atoms with Gasteiger partial charge in [0.15, 0.2) is 0 Å². The van der Waals surface area contributed by atoms with Gasteiger partial charge in [-0.2, -0.15) is 0 Å². The molecule has 0 bridgehead atoms. The van der Waals surface area contributed by atoms with Gasteiger partial charge in [-0.3, -0.25) is 0 Å². The monoisotopic (exact) mass is 295 g/mol. The first-order valence-corrected chi connectivity index (χ1v) is 8.03. The Hall–Kier alpha value is -2.17. The number of nitrogens with zero attached hydrogens (tertiary/aromatic N) is 5. The maximum atomic E-state index is 4.59. The summed E-state index contributed by atoms with van der Waals surface area (Å²) in [6, 6.07) is 8.74. The van der Waals surface area contributed by atoms with Crippen molar-refractivity contribution in [1.29, 1.82) is 0 Å². The van der Waals surface area contributed by atoms with E-state index in [1.165, 1.54) is 12.8 Å². The zero-order valence-corrected chi connectivity index (χ0v) is 12.9. The van der Waals surface area contributed by atoms with E-state index in [0.717, 1.165) is 43.0 Å². The molecule has 2 fully saturated rings. The molecule has 2 aliphatic rings. The van der Waals surface area contributed by atoms with Crippen LogP contribution >= 0.6 is 0 Å². The molecule has 2 saturated heterocycles. The lowest BCUT2D eigenvalue weighted by molar-refractivity contribution is 0.388. The Labute approximate surface area is 131 Å². The molecule has 2 atom stereocenters. The van der Waals surface area contributed by atoms with E-state index in [9.17, 15) is 0 Å². The Morgan fingerprint density at radius 1 is 1.00 bits per heavy atom. The van der Waals surface area contributed by atoms with Crippen LogP contribution in [0.5, 0.6) is 0 Å². The predicted octanol–water partition coefficient (Wildman–Crippen LogP) is 2.29. The van der Waals surface area contributed by atoms with Gasteiger partial charge in [0.05, 0.1) is 6.04 Å². The Bertz CT molecular complexity index is 645. The van der Waals surface area contributed by atoms with Crippen molar-refractivity contribution < 1.29 is 0 Å². The van der Waals surface area contributed by atoms with Crippen molar-refractivity contribution in [2.24, 2.45) is 5.92 Å². The molecule has 2 aromatic heterocycles. The molecule has 0 radical (unpaired) electrons. The van der Waals surface area contributed by atoms with Crippen molar-refractivity contribution in [1.82, 2.24) is 15.0 Å². The van der Waals surface area contributed by atoms with E-state index in [-0.39, 0.29) is 0 Å². The molecule has 5 nitrogen and oxygen atoms in total. The SMILES string of the molecule is Cc1nccc(N2CCC3CCN(c4ccccn4)C3C2)n1. The zero-order valence-electron chi connectivity index (χ0n) is 12.9. The summed E-state index contributed by atoms with van der Waals surface area (Å²) in [6.07, 6.45) is 6.25. The summed E-state index contributed by atoms with van der Waals surface area (Å²) in [5.41, 5.74) is 0. The molecule has 2 aliphatic heterocycles. The maximum absolute atomic E-state index is 4.59. The number of piperidine rings is 1. The first-order chi connectivity index (χ1) is 10.8. The first-order valence-electron chi connectivity index (χ1n) is 8.03. The third-order valence-electron chi connectivity index (χ3n) is 4.89. The zero-order chi connectivity index (χ0) is 14.9. The van der Waals surface area contributed by atoms with Crippen molar-refractivity contribution in [2.75, 3.05) is 29.4 Å². The van der Waals surface area contributed by atoms with Gasteiger partial charge in [0, 0.05) is 32.0 Å². The second-order valence-electron chi connectivity index (χ2n) is 6.19. The Morgan fingerprint density at radius 2 is 1.91 bits per heavy atom. The van der Waals surface area contributed by atoms with Crippen molar-refractivity contribution in [3.63, 3.8) is 0 Å². The molecule has 0 aromatic carbocycles. The molecule has 0 aliphatic carbocycles. The van der Waals surface area contributed by atoms with Gasteiger partial charge < -0.3 is 9.80 Å². The molecular weight excluding hydrogens is 274 g/mol. The Balaban J connectivity index is 1.57. The van der Waals surface area contributed by atoms with Gasteiger partial charge in [-0.15, -0.1) is 0 Å². The highest BCUT2D eigenvalue weighted by Crippen LogP contribution is 2.35. The lowest BCUT2D eigenvalue weighted by atomic mass is 9.92. The molecule has 0 N–H and O–H groups in total. The highest BCUT2D eigenvalue weighted by atomic mass is 15.3. The van der Waals surface area contributed by atoms with Gasteiger partial charge >= 0.3 is 0 Å². The molecule has 114 valence electrons. The van der Waals surface area contributed by atoms with Crippen molar-refractivity contribution in [3.05, 3.63) is 42.5 Å². The van der Waals surface area contributed by atoms with Crippen LogP contribution in [0.25, 0.3) is 0 Å². The second-order valence-corrected chi connectivity index (χ2v) is 6.19. The van der Waals surface area contributed by atoms with E-state index >= 15 is 0 Å². The lowest BCUT2D eigenvalue weighted by Gasteiger charge is -2.39. The van der Waals surface area contributed by atoms with E-state index in [1.807, 2.05) is 31.5 Å². The summed E-state index contributed by atoms with van der Waals surface area (Å²) in [7, 11) is 0. The highest BCUT2D eigenvalue weighted by Gasteiger charge is 2.39. The van der Waals surface area contributed by atoms with Gasteiger partial charge in [0.1, 0.15) is 17.5 Å². The van der Waals surface area contributed by atoms with Crippen LogP contribution in [0.4, 0.5) is 11.6 Å². The molecule has 2 aromatic rings. The number of pyridine rings is 1. The van der Waals surface area contributed by atoms with Crippen LogP contribution < -0.4 is 9.80 Å². The fourth-order valence-electron chi connectivity index (χ4n) is 3.78. The van der Waals surface area contributed by atoms with Gasteiger partial charge in [0.2, 0.25) is 0 Å². The van der Waals surface area contributed by atoms with Crippen LogP contribution in [0.1, 0.15) is 18.7 Å². The summed E-state index contributed by atoms with van der Waals surface area (Å²) in [6.45, 7) is 5.18. The van der Waals surface area contributed by atoms with Crippen molar-refractivity contribution in [3.8, 4) is 0 Å². The number of anilines is 2. The van der Waals surface area contributed by atoms with Gasteiger partial charge in [-0.1, -0.05) is 6.07 Å². The Kier molecular flexibility index (Phi) is 3.41. The summed E-state index contributed by atoms with van der Waals surface area (Å²) in [5.74, 6) is 3.78. The Morgan fingerprint density at radius 3 is 2.73 bits per heavy atom. The van der Waals surface area contributed by atoms with E-state index < -0.39 is 0 Å². The fraction of sp³-hybridized carbons (Fsp3) is 0.471. The number of aryl methyl sites for hydroxylation is 1. The standard InChI is InChI=1S/C17H21N5/c1-13-18-9-5-17(20-13)21-10-6-14-7-11-22(15(14)12-21)16-4-2-3-8-19-16/h2-5,8-9,14-15H,6-7,10-12H2,1H3. The quantitative estimate of drug-likeness (QED) is 0.850. The maximum Gasteiger partial charge on any atom is 0.132 e. The van der Waals surface area contributed by atoms with Crippen molar-refractivity contribution in [2.45, 2.75) is 25.8 Å². The van der Waals surface area contributed by atoms with E-state index in [1.54, 1.807) is 0 Å². The largest absolute Gasteiger partial charge is 0.354 e. The summed E-state index contributed by atoms with van der Waals surface area (Å²) >= 11 is 0. The van der Waals surface area contributed by atoms with Gasteiger partial charge in [-0.05, 0) is 43.9 Å². The topological polar surface area (TPSA) is 45.2 Å². The average Bonchev–Trinajstić information content (AvgIpc) is 2.99. The normalized spacial score (nSPS) is 24.4. The third kappa shape index (κ3) is 2.40. The number of fused-ring (bicyclic) bond motifs is 1. The molecule has 22 heavy (non-hydrogen) atoms. The molecule has 4 heterocycles. The van der Waals surface area contributed by atoms with Gasteiger partial charge in [0.25, 0.3) is 0 Å². The summed E-state index contributed by atoms with van der Waals surface area (Å²) < 4.78 is 0. The van der Waals surface area contributed by atoms with Crippen LogP contribution in [0.3, 0.4) is 0 Å². The van der Waals surface area contributed by atoms with E-state index in [2.05, 4.69) is 36.9 Å². The highest BCUT2D eigenvalue weighted by molar-refractivity contribution is 5.45. The minimum atomic E-state index is 0.541. The molecule has 4 rings (SSSR count). The minimum absolute atomic E-state index is 0.541. The smallest absolute Gasteiger partial charge is 0.132 e. The summed E-state index contributed by atoms with van der Waals surface area (Å²) in [5, 5.41) is 0. The second kappa shape index (κ2) is 5.55. The fourth-order valence-corrected chi connectivity index (χ4v) is 3.78. The molecular formula is C17H21N5. The van der Waals surface area contributed by atoms with Crippen LogP contribution in [0.2, 0.25) is 0 Å². The van der Waals surface area contributed by atoms with Crippen LogP contribution in [-0.2, 0) is 0 Å². The van der Waals surface area contributed by atoms with Crippen LogP contribution in [0, 0.1) is 12.8 Å². The lowest BCUT2D eigenvalue weighted by Crippen LogP contribution is -2.48. The summed E-state index contributed by atoms with van der Waals surface area (Å²) in [4.78, 5) is 18.2. The van der Waals surface area contributed by atoms with Crippen LogP contribution in [-0.4, -0.2) is 40.6 Å². The average molecular weight is 295 g/mol. The molecule has 0 spiro atoms. The van der Waals surface area contributed by atoms with E-state index in [4.69, 9.17) is 0 Å². The van der Waals surface area contributed by atoms with Gasteiger partial charge in [-0.25, -0.2) is 15.0 Å². The molecule has 0 saturated carbocycles. The first kappa shape index (κ1) is 13.5. The van der Waals surface area contributed by atoms with Crippen LogP contribution in [0.15, 0.2) is 36.7 Å².